The van der Waals surface area contributed by atoms with E-state index >= 15 is 0 Å². The van der Waals surface area contributed by atoms with Crippen LogP contribution in [0.4, 0.5) is 0 Å². The van der Waals surface area contributed by atoms with Gasteiger partial charge < -0.3 is 10.2 Å². The summed E-state index contributed by atoms with van der Waals surface area (Å²) in [4.78, 5) is 0. The van der Waals surface area contributed by atoms with Gasteiger partial charge in [-0.2, -0.15) is 0 Å². The number of aliphatic hydroxyl groups is 2. The molecule has 0 aromatic carbocycles. The van der Waals surface area contributed by atoms with Crippen molar-refractivity contribution in [3.8, 4) is 0 Å². The second kappa shape index (κ2) is 2.63. The third-order valence-corrected chi connectivity index (χ3v) is 3.05. The highest BCUT2D eigenvalue weighted by atomic mass is 16.3. The second-order valence-electron chi connectivity index (χ2n) is 3.76. The zero-order chi connectivity index (χ0) is 9.52. The number of aliphatic hydroxyl groups excluding tert-OH is 1. The van der Waals surface area contributed by atoms with Crippen molar-refractivity contribution < 1.29 is 10.2 Å². The van der Waals surface area contributed by atoms with Gasteiger partial charge in [-0.25, -0.2) is 0 Å². The maximum atomic E-state index is 9.99. The minimum absolute atomic E-state index is 0.0116. The van der Waals surface area contributed by atoms with Crippen molar-refractivity contribution >= 4 is 0 Å². The van der Waals surface area contributed by atoms with Crippen molar-refractivity contribution in [2.75, 3.05) is 0 Å². The monoisotopic (exact) mass is 168 g/mol. The van der Waals surface area contributed by atoms with Crippen LogP contribution in [0.5, 0.6) is 0 Å². The summed E-state index contributed by atoms with van der Waals surface area (Å²) in [6, 6.07) is 0. The summed E-state index contributed by atoms with van der Waals surface area (Å²) < 4.78 is 0. The largest absolute Gasteiger partial charge is 0.508 e. The van der Waals surface area contributed by atoms with Crippen LogP contribution in [-0.2, 0) is 0 Å². The van der Waals surface area contributed by atoms with Crippen LogP contribution in [-0.4, -0.2) is 15.8 Å². The van der Waals surface area contributed by atoms with Crippen molar-refractivity contribution in [2.45, 2.75) is 33.3 Å². The molecular weight excluding hydrogens is 152 g/mol. The van der Waals surface area contributed by atoms with E-state index in [1.54, 1.807) is 13.0 Å². The van der Waals surface area contributed by atoms with Gasteiger partial charge in [-0.15, -0.1) is 0 Å². The van der Waals surface area contributed by atoms with E-state index in [0.29, 0.717) is 5.76 Å². The summed E-state index contributed by atoms with van der Waals surface area (Å²) in [5, 5.41) is 19.4. The van der Waals surface area contributed by atoms with E-state index in [1.807, 2.05) is 20.8 Å². The van der Waals surface area contributed by atoms with Crippen LogP contribution in [0.25, 0.3) is 0 Å². The molecule has 0 aromatic rings. The molecule has 2 N–H and O–H groups in total. The molecule has 0 aromatic heterocycles. The standard InChI is InChI=1S/C10H16O2/c1-6-5-9(11)7(2)8(3)10(6,4)12/h5,8,11-12H,1-4H3. The van der Waals surface area contributed by atoms with Crippen LogP contribution in [0.2, 0.25) is 0 Å². The van der Waals surface area contributed by atoms with E-state index in [9.17, 15) is 10.2 Å². The third-order valence-electron chi connectivity index (χ3n) is 3.05. The quantitative estimate of drug-likeness (QED) is 0.582. The molecule has 0 amide bonds. The number of allylic oxidation sites excluding steroid dienone is 1. The van der Waals surface area contributed by atoms with Gasteiger partial charge in [-0.1, -0.05) is 6.92 Å². The average molecular weight is 168 g/mol. The predicted octanol–water partition coefficient (Wildman–Crippen LogP) is 2.17. The maximum Gasteiger partial charge on any atom is 0.114 e. The molecule has 2 unspecified atom stereocenters. The fraction of sp³-hybridized carbons (Fsp3) is 0.600. The minimum Gasteiger partial charge on any atom is -0.508 e. The first-order valence-corrected chi connectivity index (χ1v) is 4.18. The minimum atomic E-state index is -0.809. The van der Waals surface area contributed by atoms with Gasteiger partial charge in [0.15, 0.2) is 0 Å². The highest BCUT2D eigenvalue weighted by molar-refractivity contribution is 5.35. The van der Waals surface area contributed by atoms with Crippen LogP contribution >= 0.6 is 0 Å². The second-order valence-corrected chi connectivity index (χ2v) is 3.76. The van der Waals surface area contributed by atoms with Crippen molar-refractivity contribution in [2.24, 2.45) is 5.92 Å². The van der Waals surface area contributed by atoms with Crippen LogP contribution in [0.3, 0.4) is 0 Å². The molecule has 2 nitrogen and oxygen atoms in total. The molecule has 1 aliphatic rings. The molecule has 0 bridgehead atoms. The molecule has 1 rings (SSSR count). The van der Waals surface area contributed by atoms with Gasteiger partial charge in [0.05, 0.1) is 5.60 Å². The summed E-state index contributed by atoms with van der Waals surface area (Å²) in [6.07, 6.45) is 1.63. The van der Waals surface area contributed by atoms with Gasteiger partial charge in [-0.05, 0) is 38.0 Å². The first-order valence-electron chi connectivity index (χ1n) is 4.18. The molecule has 12 heavy (non-hydrogen) atoms. The number of hydrogen-bond acceptors (Lipinski definition) is 2. The lowest BCUT2D eigenvalue weighted by Gasteiger charge is -2.35. The van der Waals surface area contributed by atoms with Crippen molar-refractivity contribution in [3.63, 3.8) is 0 Å². The van der Waals surface area contributed by atoms with Gasteiger partial charge in [0.2, 0.25) is 0 Å². The molecule has 68 valence electrons. The van der Waals surface area contributed by atoms with Gasteiger partial charge in [0.1, 0.15) is 5.76 Å². The SMILES string of the molecule is CC1=CC(O)=C(C)C(C)C1(C)O. The fourth-order valence-electron chi connectivity index (χ4n) is 1.45. The molecule has 1 aliphatic carbocycles. The smallest absolute Gasteiger partial charge is 0.114 e. The fourth-order valence-corrected chi connectivity index (χ4v) is 1.45. The van der Waals surface area contributed by atoms with Crippen LogP contribution in [0.1, 0.15) is 27.7 Å². The third kappa shape index (κ3) is 1.16. The van der Waals surface area contributed by atoms with E-state index in [1.165, 1.54) is 0 Å². The average Bonchev–Trinajstić information content (AvgIpc) is 1.99. The Kier molecular flexibility index (Phi) is 2.04. The van der Waals surface area contributed by atoms with Crippen LogP contribution in [0, 0.1) is 5.92 Å². The van der Waals surface area contributed by atoms with Crippen LogP contribution in [0.15, 0.2) is 23.0 Å². The van der Waals surface area contributed by atoms with Crippen LogP contribution < -0.4 is 0 Å². The summed E-state index contributed by atoms with van der Waals surface area (Å²) in [7, 11) is 0. The zero-order valence-electron chi connectivity index (χ0n) is 8.05. The van der Waals surface area contributed by atoms with Crippen molar-refractivity contribution in [1.82, 2.24) is 0 Å². The summed E-state index contributed by atoms with van der Waals surface area (Å²) >= 11 is 0. The predicted molar refractivity (Wildman–Crippen MR) is 48.9 cm³/mol. The Morgan fingerprint density at radius 2 is 1.92 bits per heavy atom. The van der Waals surface area contributed by atoms with Gasteiger partial charge in [-0.3, -0.25) is 0 Å². The molecular formula is C10H16O2. The van der Waals surface area contributed by atoms with E-state index in [0.717, 1.165) is 11.1 Å². The van der Waals surface area contributed by atoms with E-state index in [2.05, 4.69) is 0 Å². The first-order chi connectivity index (χ1) is 5.37. The van der Waals surface area contributed by atoms with E-state index in [-0.39, 0.29) is 5.92 Å². The van der Waals surface area contributed by atoms with Gasteiger partial charge >= 0.3 is 0 Å². The number of hydrogen-bond donors (Lipinski definition) is 2. The highest BCUT2D eigenvalue weighted by Crippen LogP contribution is 2.36. The Hall–Kier alpha value is -0.760. The highest BCUT2D eigenvalue weighted by Gasteiger charge is 2.35. The Morgan fingerprint density at radius 3 is 2.42 bits per heavy atom. The molecule has 0 saturated heterocycles. The van der Waals surface area contributed by atoms with Gasteiger partial charge in [0.25, 0.3) is 0 Å². The lowest BCUT2D eigenvalue weighted by molar-refractivity contribution is 0.0522. The Labute approximate surface area is 73.2 Å². The Balaban J connectivity index is 3.16. The Morgan fingerprint density at radius 1 is 1.42 bits per heavy atom. The molecule has 0 fully saturated rings. The van der Waals surface area contributed by atoms with Crippen molar-refractivity contribution in [1.29, 1.82) is 0 Å². The zero-order valence-corrected chi connectivity index (χ0v) is 8.05. The van der Waals surface area contributed by atoms with E-state index in [4.69, 9.17) is 0 Å². The molecule has 2 heteroatoms. The van der Waals surface area contributed by atoms with Gasteiger partial charge in [0, 0.05) is 5.92 Å². The summed E-state index contributed by atoms with van der Waals surface area (Å²) in [5.74, 6) is 0.286. The lowest BCUT2D eigenvalue weighted by atomic mass is 9.76. The topological polar surface area (TPSA) is 40.5 Å². The molecule has 0 aliphatic heterocycles. The molecule has 0 spiro atoms. The molecule has 2 atom stereocenters. The lowest BCUT2D eigenvalue weighted by Crippen LogP contribution is -2.37. The maximum absolute atomic E-state index is 9.99. The van der Waals surface area contributed by atoms with E-state index < -0.39 is 5.60 Å². The van der Waals surface area contributed by atoms with Crippen molar-refractivity contribution in [3.05, 3.63) is 23.0 Å². The first kappa shape index (κ1) is 9.33. The molecule has 0 saturated carbocycles. The molecule has 0 radical (unpaired) electrons. The number of rotatable bonds is 0. The summed E-state index contributed by atoms with van der Waals surface area (Å²) in [5.41, 5.74) is 0.861. The molecule has 0 heterocycles. The summed E-state index contributed by atoms with van der Waals surface area (Å²) in [6.45, 7) is 7.37. The normalized spacial score (nSPS) is 36.8. The Bertz CT molecular complexity index is 259.